The lowest BCUT2D eigenvalue weighted by atomic mass is 10.2. The highest BCUT2D eigenvalue weighted by Crippen LogP contribution is 2.26. The third-order valence-corrected chi connectivity index (χ3v) is 4.29. The molecule has 3 nitrogen and oxygen atoms in total. The standard InChI is InChI=1S/C10H8ClN3S2/c1-6-4-15-5-7(6)3-13-10-14-9(11)8(2-12)16-10/h4-5H,3H2,1H3,(H,13,14). The van der Waals surface area contributed by atoms with Gasteiger partial charge in [-0.3, -0.25) is 0 Å². The quantitative estimate of drug-likeness (QED) is 0.925. The van der Waals surface area contributed by atoms with Crippen LogP contribution in [0.1, 0.15) is 16.0 Å². The largest absolute Gasteiger partial charge is 0.357 e. The summed E-state index contributed by atoms with van der Waals surface area (Å²) in [5.41, 5.74) is 2.51. The third kappa shape index (κ3) is 2.35. The molecule has 0 unspecified atom stereocenters. The minimum atomic E-state index is 0.275. The average molecular weight is 270 g/mol. The maximum Gasteiger partial charge on any atom is 0.185 e. The maximum atomic E-state index is 8.74. The van der Waals surface area contributed by atoms with E-state index in [2.05, 4.69) is 28.0 Å². The number of halogens is 1. The van der Waals surface area contributed by atoms with Gasteiger partial charge < -0.3 is 5.32 Å². The van der Waals surface area contributed by atoms with E-state index in [0.29, 0.717) is 16.6 Å². The predicted octanol–water partition coefficient (Wildman–Crippen LogP) is 3.65. The molecule has 0 aliphatic rings. The summed E-state index contributed by atoms with van der Waals surface area (Å²) in [5, 5.41) is 17.1. The lowest BCUT2D eigenvalue weighted by Crippen LogP contribution is -1.98. The molecule has 0 aromatic carbocycles. The number of hydrogen-bond acceptors (Lipinski definition) is 5. The van der Waals surface area contributed by atoms with E-state index in [0.717, 1.165) is 0 Å². The number of thiophene rings is 1. The zero-order valence-electron chi connectivity index (χ0n) is 8.45. The van der Waals surface area contributed by atoms with Crippen molar-refractivity contribution in [3.63, 3.8) is 0 Å². The van der Waals surface area contributed by atoms with Crippen molar-refractivity contribution in [3.8, 4) is 6.07 Å². The summed E-state index contributed by atoms with van der Waals surface area (Å²) in [6.45, 7) is 2.78. The van der Waals surface area contributed by atoms with Crippen molar-refractivity contribution in [1.29, 1.82) is 5.26 Å². The second-order valence-electron chi connectivity index (χ2n) is 3.18. The van der Waals surface area contributed by atoms with Gasteiger partial charge in [0, 0.05) is 6.54 Å². The van der Waals surface area contributed by atoms with Gasteiger partial charge >= 0.3 is 0 Å². The SMILES string of the molecule is Cc1cscc1CNc1nc(Cl)c(C#N)s1. The molecule has 0 aliphatic heterocycles. The maximum absolute atomic E-state index is 8.74. The molecular formula is C10H8ClN3S2. The van der Waals surface area contributed by atoms with Gasteiger partial charge in [-0.2, -0.15) is 16.6 Å². The van der Waals surface area contributed by atoms with Crippen LogP contribution in [0.25, 0.3) is 0 Å². The average Bonchev–Trinajstić information content (AvgIpc) is 2.82. The Morgan fingerprint density at radius 2 is 2.38 bits per heavy atom. The van der Waals surface area contributed by atoms with Gasteiger partial charge in [-0.1, -0.05) is 22.9 Å². The first-order chi connectivity index (χ1) is 7.70. The first-order valence-corrected chi connectivity index (χ1v) is 6.66. The van der Waals surface area contributed by atoms with Crippen LogP contribution >= 0.6 is 34.3 Å². The molecule has 2 heterocycles. The molecular weight excluding hydrogens is 262 g/mol. The molecule has 0 spiro atoms. The topological polar surface area (TPSA) is 48.7 Å². The van der Waals surface area contributed by atoms with Crippen molar-refractivity contribution < 1.29 is 0 Å². The monoisotopic (exact) mass is 269 g/mol. The Labute approximate surface area is 106 Å². The summed E-state index contributed by atoms with van der Waals surface area (Å²) in [7, 11) is 0. The normalized spacial score (nSPS) is 10.1. The minimum absolute atomic E-state index is 0.275. The molecule has 82 valence electrons. The first-order valence-electron chi connectivity index (χ1n) is 4.52. The Bertz CT molecular complexity index is 538. The molecule has 0 fully saturated rings. The van der Waals surface area contributed by atoms with Crippen LogP contribution in [-0.4, -0.2) is 4.98 Å². The van der Waals surface area contributed by atoms with Gasteiger partial charge in [-0.05, 0) is 28.8 Å². The number of nitrogens with one attached hydrogen (secondary N) is 1. The fraction of sp³-hybridized carbons (Fsp3) is 0.200. The second kappa shape index (κ2) is 4.83. The van der Waals surface area contributed by atoms with E-state index >= 15 is 0 Å². The van der Waals surface area contributed by atoms with Gasteiger partial charge in [0.25, 0.3) is 0 Å². The van der Waals surface area contributed by atoms with Crippen LogP contribution in [0.3, 0.4) is 0 Å². The van der Waals surface area contributed by atoms with Crippen LogP contribution < -0.4 is 5.32 Å². The number of nitrogens with zero attached hydrogens (tertiary/aromatic N) is 2. The molecule has 0 saturated heterocycles. The van der Waals surface area contributed by atoms with Gasteiger partial charge in [0.2, 0.25) is 0 Å². The number of anilines is 1. The Morgan fingerprint density at radius 3 is 2.94 bits per heavy atom. The summed E-state index contributed by atoms with van der Waals surface area (Å²) < 4.78 is 0. The van der Waals surface area contributed by atoms with Crippen LogP contribution in [0, 0.1) is 18.3 Å². The van der Waals surface area contributed by atoms with E-state index in [1.807, 2.05) is 6.07 Å². The zero-order chi connectivity index (χ0) is 11.5. The molecule has 0 radical (unpaired) electrons. The number of nitriles is 1. The molecule has 1 N–H and O–H groups in total. The van der Waals surface area contributed by atoms with E-state index in [1.54, 1.807) is 11.3 Å². The predicted molar refractivity (Wildman–Crippen MR) is 68.2 cm³/mol. The molecule has 2 rings (SSSR count). The molecule has 2 aromatic rings. The van der Waals surface area contributed by atoms with Crippen molar-refractivity contribution >= 4 is 39.4 Å². The highest BCUT2D eigenvalue weighted by atomic mass is 35.5. The van der Waals surface area contributed by atoms with Gasteiger partial charge in [-0.25, -0.2) is 4.98 Å². The Balaban J connectivity index is 2.06. The number of rotatable bonds is 3. The van der Waals surface area contributed by atoms with E-state index in [9.17, 15) is 0 Å². The van der Waals surface area contributed by atoms with Gasteiger partial charge in [0.05, 0.1) is 0 Å². The number of aromatic nitrogens is 1. The van der Waals surface area contributed by atoms with Crippen LogP contribution in [0.2, 0.25) is 5.15 Å². The summed E-state index contributed by atoms with van der Waals surface area (Å²) >= 11 is 8.73. The molecule has 0 aliphatic carbocycles. The fourth-order valence-corrected chi connectivity index (χ4v) is 2.98. The van der Waals surface area contributed by atoms with Crippen LogP contribution in [-0.2, 0) is 6.54 Å². The smallest absolute Gasteiger partial charge is 0.185 e. The van der Waals surface area contributed by atoms with Gasteiger partial charge in [-0.15, -0.1) is 0 Å². The molecule has 0 atom stereocenters. The van der Waals surface area contributed by atoms with Crippen molar-refractivity contribution in [2.45, 2.75) is 13.5 Å². The van der Waals surface area contributed by atoms with Gasteiger partial charge in [0.15, 0.2) is 10.3 Å². The van der Waals surface area contributed by atoms with E-state index in [4.69, 9.17) is 16.9 Å². The van der Waals surface area contributed by atoms with Crippen LogP contribution in [0.5, 0.6) is 0 Å². The van der Waals surface area contributed by atoms with Gasteiger partial charge in [0.1, 0.15) is 10.9 Å². The highest BCUT2D eigenvalue weighted by Gasteiger charge is 2.08. The first kappa shape index (κ1) is 11.4. The number of aryl methyl sites for hydroxylation is 1. The second-order valence-corrected chi connectivity index (χ2v) is 5.28. The van der Waals surface area contributed by atoms with Crippen LogP contribution in [0.15, 0.2) is 10.8 Å². The van der Waals surface area contributed by atoms with Crippen LogP contribution in [0.4, 0.5) is 5.13 Å². The lowest BCUT2D eigenvalue weighted by molar-refractivity contribution is 1.12. The molecule has 2 aromatic heterocycles. The van der Waals surface area contributed by atoms with E-state index in [1.165, 1.54) is 22.5 Å². The Morgan fingerprint density at radius 1 is 1.56 bits per heavy atom. The molecule has 0 saturated carbocycles. The van der Waals surface area contributed by atoms with Crippen molar-refractivity contribution in [2.24, 2.45) is 0 Å². The molecule has 0 bridgehead atoms. The van der Waals surface area contributed by atoms with E-state index < -0.39 is 0 Å². The van der Waals surface area contributed by atoms with Crippen molar-refractivity contribution in [1.82, 2.24) is 4.98 Å². The molecule has 0 amide bonds. The summed E-state index contributed by atoms with van der Waals surface area (Å²) in [4.78, 5) is 4.51. The Kier molecular flexibility index (Phi) is 3.44. The highest BCUT2D eigenvalue weighted by molar-refractivity contribution is 7.16. The summed E-state index contributed by atoms with van der Waals surface area (Å²) in [6.07, 6.45) is 0. The fourth-order valence-electron chi connectivity index (χ4n) is 1.18. The number of hydrogen-bond donors (Lipinski definition) is 1. The molecule has 16 heavy (non-hydrogen) atoms. The summed E-state index contributed by atoms with van der Waals surface area (Å²) in [5.74, 6) is 0. The Hall–Kier alpha value is -1.09. The van der Waals surface area contributed by atoms with Crippen molar-refractivity contribution in [3.05, 3.63) is 31.9 Å². The summed E-state index contributed by atoms with van der Waals surface area (Å²) in [6, 6.07) is 2.01. The lowest BCUT2D eigenvalue weighted by Gasteiger charge is -2.00. The molecule has 6 heteroatoms. The minimum Gasteiger partial charge on any atom is -0.357 e. The van der Waals surface area contributed by atoms with Crippen molar-refractivity contribution in [2.75, 3.05) is 5.32 Å². The zero-order valence-corrected chi connectivity index (χ0v) is 10.8. The van der Waals surface area contributed by atoms with E-state index in [-0.39, 0.29) is 5.15 Å². The number of thiazole rings is 1. The third-order valence-electron chi connectivity index (χ3n) is 2.08.